The predicted octanol–water partition coefficient (Wildman–Crippen LogP) is 5.16. The number of carbonyl (C=O) groups is 2. The summed E-state index contributed by atoms with van der Waals surface area (Å²) in [5, 5.41) is 8.14. The van der Waals surface area contributed by atoms with E-state index in [9.17, 15) is 9.59 Å². The van der Waals surface area contributed by atoms with Gasteiger partial charge >= 0.3 is 12.0 Å². The molecule has 0 spiro atoms. The van der Waals surface area contributed by atoms with E-state index in [0.29, 0.717) is 17.2 Å². The first-order valence-electron chi connectivity index (χ1n) is 9.18. The second-order valence-electron chi connectivity index (χ2n) is 8.86. The van der Waals surface area contributed by atoms with Gasteiger partial charge in [-0.15, -0.1) is 11.3 Å². The summed E-state index contributed by atoms with van der Waals surface area (Å²) in [4.78, 5) is 24.6. The van der Waals surface area contributed by atoms with Crippen molar-refractivity contribution in [1.82, 2.24) is 5.32 Å². The number of ether oxygens (including phenoxy) is 1. The fraction of sp³-hybridized carbons (Fsp3) is 0.684. The van der Waals surface area contributed by atoms with E-state index in [1.54, 1.807) is 6.92 Å². The SMILES string of the molecule is CCOC(=O)c1c(C)csc1NC(=O)NC(C)(C)CO[Si](C)(C)C(C)(C)C. The Morgan fingerprint density at radius 3 is 2.30 bits per heavy atom. The molecule has 0 unspecified atom stereocenters. The Morgan fingerprint density at radius 2 is 1.78 bits per heavy atom. The summed E-state index contributed by atoms with van der Waals surface area (Å²) in [6.07, 6.45) is 0. The van der Waals surface area contributed by atoms with Crippen LogP contribution in [0.1, 0.15) is 57.5 Å². The zero-order chi connectivity index (χ0) is 21.0. The van der Waals surface area contributed by atoms with E-state index in [1.165, 1.54) is 11.3 Å². The van der Waals surface area contributed by atoms with Gasteiger partial charge in [-0.3, -0.25) is 5.32 Å². The third-order valence-corrected chi connectivity index (χ3v) is 10.2. The van der Waals surface area contributed by atoms with Crippen LogP contribution in [0.4, 0.5) is 9.80 Å². The number of hydrogen-bond donors (Lipinski definition) is 2. The number of nitrogens with one attached hydrogen (secondary N) is 2. The molecule has 0 fully saturated rings. The Hall–Kier alpha value is -1.38. The molecule has 154 valence electrons. The van der Waals surface area contributed by atoms with Gasteiger partial charge in [-0.2, -0.15) is 0 Å². The number of anilines is 1. The maximum atomic E-state index is 12.5. The molecule has 0 bridgehead atoms. The molecule has 27 heavy (non-hydrogen) atoms. The van der Waals surface area contributed by atoms with Crippen molar-refractivity contribution < 1.29 is 18.8 Å². The van der Waals surface area contributed by atoms with Crippen LogP contribution in [0.2, 0.25) is 18.1 Å². The standard InChI is InChI=1S/C19H34N2O4SSi/c1-10-24-16(22)14-13(2)11-26-15(14)20-17(23)21-19(6,7)12-25-27(8,9)18(3,4)5/h11H,10,12H2,1-9H3,(H2,20,21,23). The Balaban J connectivity index is 2.75. The van der Waals surface area contributed by atoms with Crippen LogP contribution in [-0.4, -0.2) is 39.1 Å². The first-order valence-corrected chi connectivity index (χ1v) is 13.0. The van der Waals surface area contributed by atoms with Crippen molar-refractivity contribution in [2.45, 2.75) is 72.1 Å². The molecule has 0 radical (unpaired) electrons. The van der Waals surface area contributed by atoms with Crippen LogP contribution in [0.3, 0.4) is 0 Å². The number of aryl methyl sites for hydroxylation is 1. The summed E-state index contributed by atoms with van der Waals surface area (Å²) < 4.78 is 11.3. The lowest BCUT2D eigenvalue weighted by molar-refractivity contribution is 0.0527. The normalized spacial score (nSPS) is 12.6. The van der Waals surface area contributed by atoms with E-state index in [0.717, 1.165) is 5.56 Å². The van der Waals surface area contributed by atoms with E-state index >= 15 is 0 Å². The smallest absolute Gasteiger partial charge is 0.341 e. The zero-order valence-electron chi connectivity index (χ0n) is 18.0. The molecule has 0 aliphatic carbocycles. The van der Waals surface area contributed by atoms with Crippen LogP contribution in [0.25, 0.3) is 0 Å². The van der Waals surface area contributed by atoms with Gasteiger partial charge < -0.3 is 14.5 Å². The molecule has 2 N–H and O–H groups in total. The van der Waals surface area contributed by atoms with Crippen molar-refractivity contribution in [1.29, 1.82) is 0 Å². The molecule has 6 nitrogen and oxygen atoms in total. The molecular weight excluding hydrogens is 380 g/mol. The first-order chi connectivity index (χ1) is 12.2. The zero-order valence-corrected chi connectivity index (χ0v) is 19.8. The Labute approximate surface area is 168 Å². The minimum atomic E-state index is -1.90. The van der Waals surface area contributed by atoms with Crippen LogP contribution in [0.15, 0.2) is 5.38 Å². The molecule has 1 heterocycles. The van der Waals surface area contributed by atoms with E-state index in [2.05, 4.69) is 44.5 Å². The fourth-order valence-electron chi connectivity index (χ4n) is 2.05. The Kier molecular flexibility index (Phi) is 7.66. The van der Waals surface area contributed by atoms with Gasteiger partial charge in [0.1, 0.15) is 5.00 Å². The average Bonchev–Trinajstić information content (AvgIpc) is 2.84. The number of esters is 1. The fourth-order valence-corrected chi connectivity index (χ4v) is 4.13. The van der Waals surface area contributed by atoms with Crippen LogP contribution in [0, 0.1) is 6.92 Å². The second-order valence-corrected chi connectivity index (χ2v) is 14.5. The van der Waals surface area contributed by atoms with E-state index in [4.69, 9.17) is 9.16 Å². The first kappa shape index (κ1) is 23.7. The summed E-state index contributed by atoms with van der Waals surface area (Å²) in [7, 11) is -1.90. The quantitative estimate of drug-likeness (QED) is 0.477. The molecule has 0 saturated carbocycles. The van der Waals surface area contributed by atoms with Gasteiger partial charge in [-0.05, 0) is 56.8 Å². The lowest BCUT2D eigenvalue weighted by Crippen LogP contribution is -2.52. The van der Waals surface area contributed by atoms with Gasteiger partial charge in [0.25, 0.3) is 0 Å². The highest BCUT2D eigenvalue weighted by Gasteiger charge is 2.38. The predicted molar refractivity (Wildman–Crippen MR) is 114 cm³/mol. The minimum absolute atomic E-state index is 0.106. The van der Waals surface area contributed by atoms with Crippen molar-refractivity contribution in [2.75, 3.05) is 18.5 Å². The van der Waals surface area contributed by atoms with Gasteiger partial charge in [0.05, 0.1) is 24.3 Å². The number of carbonyl (C=O) groups excluding carboxylic acids is 2. The highest BCUT2D eigenvalue weighted by atomic mass is 32.1. The maximum absolute atomic E-state index is 12.5. The molecule has 0 aliphatic rings. The number of hydrogen-bond acceptors (Lipinski definition) is 5. The molecule has 0 aliphatic heterocycles. The van der Waals surface area contributed by atoms with Crippen LogP contribution >= 0.6 is 11.3 Å². The number of thiophene rings is 1. The van der Waals surface area contributed by atoms with Gasteiger partial charge in [-0.25, -0.2) is 9.59 Å². The topological polar surface area (TPSA) is 76.7 Å². The summed E-state index contributed by atoms with van der Waals surface area (Å²) in [6.45, 7) is 19.0. The summed E-state index contributed by atoms with van der Waals surface area (Å²) in [5.41, 5.74) is 0.650. The largest absolute Gasteiger partial charge is 0.462 e. The summed E-state index contributed by atoms with van der Waals surface area (Å²) in [5.74, 6) is -0.424. The van der Waals surface area contributed by atoms with Crippen molar-refractivity contribution in [3.05, 3.63) is 16.5 Å². The minimum Gasteiger partial charge on any atom is -0.462 e. The van der Waals surface area contributed by atoms with Crippen LogP contribution in [0.5, 0.6) is 0 Å². The molecule has 1 rings (SSSR count). The molecule has 0 aromatic carbocycles. The summed E-state index contributed by atoms with van der Waals surface area (Å²) >= 11 is 1.31. The number of urea groups is 1. The second kappa shape index (κ2) is 8.75. The van der Waals surface area contributed by atoms with Crippen molar-refractivity contribution in [2.24, 2.45) is 0 Å². The van der Waals surface area contributed by atoms with Gasteiger partial charge in [0.2, 0.25) is 0 Å². The molecule has 8 heteroatoms. The highest BCUT2D eigenvalue weighted by Crippen LogP contribution is 2.37. The lowest BCUT2D eigenvalue weighted by Gasteiger charge is -2.39. The Bertz CT molecular complexity index is 678. The molecule has 2 amide bonds. The highest BCUT2D eigenvalue weighted by molar-refractivity contribution is 7.15. The number of rotatable bonds is 7. The average molecular weight is 415 g/mol. The third-order valence-electron chi connectivity index (χ3n) is 4.73. The van der Waals surface area contributed by atoms with Crippen molar-refractivity contribution in [3.8, 4) is 0 Å². The maximum Gasteiger partial charge on any atom is 0.341 e. The van der Waals surface area contributed by atoms with Gasteiger partial charge in [0, 0.05) is 0 Å². The summed E-state index contributed by atoms with van der Waals surface area (Å²) in [6, 6.07) is -0.369. The lowest BCUT2D eigenvalue weighted by atomic mass is 10.1. The Morgan fingerprint density at radius 1 is 1.19 bits per heavy atom. The van der Waals surface area contributed by atoms with Crippen LogP contribution < -0.4 is 10.6 Å². The van der Waals surface area contributed by atoms with E-state index < -0.39 is 19.8 Å². The molecule has 1 aromatic heterocycles. The third kappa shape index (κ3) is 6.62. The molecular formula is C19H34N2O4SSi. The monoisotopic (exact) mass is 414 g/mol. The van der Waals surface area contributed by atoms with Crippen molar-refractivity contribution in [3.63, 3.8) is 0 Å². The van der Waals surface area contributed by atoms with Gasteiger partial charge in [-0.1, -0.05) is 20.8 Å². The van der Waals surface area contributed by atoms with Gasteiger partial charge in [0.15, 0.2) is 8.32 Å². The number of amides is 2. The molecule has 1 aromatic rings. The van der Waals surface area contributed by atoms with Crippen LogP contribution in [-0.2, 0) is 9.16 Å². The molecule has 0 saturated heterocycles. The molecule has 0 atom stereocenters. The van der Waals surface area contributed by atoms with E-state index in [-0.39, 0.29) is 17.7 Å². The van der Waals surface area contributed by atoms with E-state index in [1.807, 2.05) is 26.2 Å². The van der Waals surface area contributed by atoms with Crippen molar-refractivity contribution >= 4 is 36.7 Å².